The first kappa shape index (κ1) is 17.2. The molecular formula is C23H22FN3O. The van der Waals surface area contributed by atoms with E-state index in [1.54, 1.807) is 18.4 Å². The number of likely N-dealkylation sites (tertiary alicyclic amines) is 1. The van der Waals surface area contributed by atoms with E-state index in [4.69, 9.17) is 4.42 Å². The molecule has 1 aliphatic heterocycles. The average molecular weight is 375 g/mol. The lowest BCUT2D eigenvalue weighted by Gasteiger charge is -2.32. The molecule has 1 fully saturated rings. The normalized spacial score (nSPS) is 16.0. The van der Waals surface area contributed by atoms with Gasteiger partial charge in [0.05, 0.1) is 12.5 Å². The van der Waals surface area contributed by atoms with Gasteiger partial charge in [-0.15, -0.1) is 0 Å². The SMILES string of the molecule is Fc1cccc(-c2cn[nH]c2C2CCN(Cc3ccc4occc4c3)CC2)c1. The van der Waals surface area contributed by atoms with Crippen LogP contribution in [-0.2, 0) is 6.54 Å². The summed E-state index contributed by atoms with van der Waals surface area (Å²) in [6.45, 7) is 3.03. The summed E-state index contributed by atoms with van der Waals surface area (Å²) in [7, 11) is 0. The first-order valence-electron chi connectivity index (χ1n) is 9.74. The minimum Gasteiger partial charge on any atom is -0.464 e. The average Bonchev–Trinajstić information content (AvgIpc) is 3.38. The molecular weight excluding hydrogens is 353 g/mol. The van der Waals surface area contributed by atoms with Crippen molar-refractivity contribution in [1.29, 1.82) is 0 Å². The second-order valence-electron chi connectivity index (χ2n) is 7.55. The summed E-state index contributed by atoms with van der Waals surface area (Å²) in [6.07, 6.45) is 5.69. The van der Waals surface area contributed by atoms with Crippen molar-refractivity contribution < 1.29 is 8.81 Å². The van der Waals surface area contributed by atoms with Crippen LogP contribution >= 0.6 is 0 Å². The molecule has 28 heavy (non-hydrogen) atoms. The number of hydrogen-bond donors (Lipinski definition) is 1. The number of aromatic amines is 1. The quantitative estimate of drug-likeness (QED) is 0.523. The van der Waals surface area contributed by atoms with Crippen LogP contribution in [0.4, 0.5) is 4.39 Å². The van der Waals surface area contributed by atoms with Crippen LogP contribution in [0.3, 0.4) is 0 Å². The van der Waals surface area contributed by atoms with E-state index in [0.717, 1.165) is 60.3 Å². The Hall–Kier alpha value is -2.92. The number of furan rings is 1. The van der Waals surface area contributed by atoms with Gasteiger partial charge in [-0.2, -0.15) is 5.10 Å². The molecule has 0 amide bonds. The lowest BCUT2D eigenvalue weighted by Crippen LogP contribution is -2.32. The van der Waals surface area contributed by atoms with Crippen LogP contribution in [0.2, 0.25) is 0 Å². The number of halogens is 1. The molecule has 1 N–H and O–H groups in total. The highest BCUT2D eigenvalue weighted by molar-refractivity contribution is 5.77. The molecule has 142 valence electrons. The zero-order valence-corrected chi connectivity index (χ0v) is 15.6. The number of nitrogens with one attached hydrogen (secondary N) is 1. The maximum atomic E-state index is 13.6. The number of H-pyrrole nitrogens is 1. The van der Waals surface area contributed by atoms with E-state index in [2.05, 4.69) is 27.2 Å². The number of piperidine rings is 1. The van der Waals surface area contributed by atoms with Gasteiger partial charge in [0.1, 0.15) is 11.4 Å². The summed E-state index contributed by atoms with van der Waals surface area (Å²) < 4.78 is 19.1. The van der Waals surface area contributed by atoms with Crippen molar-refractivity contribution in [3.05, 3.63) is 78.1 Å². The predicted molar refractivity (Wildman–Crippen MR) is 107 cm³/mol. The minimum absolute atomic E-state index is 0.214. The molecule has 4 nitrogen and oxygen atoms in total. The summed E-state index contributed by atoms with van der Waals surface area (Å²) in [5.41, 5.74) is 5.29. The molecule has 1 aliphatic rings. The van der Waals surface area contributed by atoms with Crippen molar-refractivity contribution in [2.24, 2.45) is 0 Å². The van der Waals surface area contributed by atoms with Gasteiger partial charge >= 0.3 is 0 Å². The second kappa shape index (κ2) is 7.24. The molecule has 2 aromatic carbocycles. The molecule has 0 atom stereocenters. The van der Waals surface area contributed by atoms with E-state index in [-0.39, 0.29) is 5.82 Å². The molecule has 5 rings (SSSR count). The standard InChI is InChI=1S/C23H22FN3O/c24-20-3-1-2-18(13-20)21-14-25-26-23(21)17-6-9-27(10-7-17)15-16-4-5-22-19(12-16)8-11-28-22/h1-5,8,11-14,17H,6-7,9-10,15H2,(H,25,26). The number of nitrogens with zero attached hydrogens (tertiary/aromatic N) is 2. The van der Waals surface area contributed by atoms with Gasteiger partial charge in [0.2, 0.25) is 0 Å². The Morgan fingerprint density at radius 1 is 1.11 bits per heavy atom. The highest BCUT2D eigenvalue weighted by Crippen LogP contribution is 2.34. The first-order valence-corrected chi connectivity index (χ1v) is 9.74. The van der Waals surface area contributed by atoms with Crippen molar-refractivity contribution in [3.63, 3.8) is 0 Å². The van der Waals surface area contributed by atoms with Crippen LogP contribution in [0.25, 0.3) is 22.1 Å². The van der Waals surface area contributed by atoms with Crippen LogP contribution in [0.15, 0.2) is 65.4 Å². The molecule has 1 saturated heterocycles. The fraction of sp³-hybridized carbons (Fsp3) is 0.261. The van der Waals surface area contributed by atoms with E-state index in [1.165, 1.54) is 11.6 Å². The van der Waals surface area contributed by atoms with Gasteiger partial charge in [0.15, 0.2) is 0 Å². The molecule has 4 aromatic rings. The van der Waals surface area contributed by atoms with Crippen LogP contribution in [-0.4, -0.2) is 28.2 Å². The van der Waals surface area contributed by atoms with Gasteiger partial charge in [-0.05, 0) is 67.4 Å². The Kier molecular flexibility index (Phi) is 4.45. The first-order chi connectivity index (χ1) is 13.8. The fourth-order valence-corrected chi connectivity index (χ4v) is 4.25. The smallest absolute Gasteiger partial charge is 0.133 e. The van der Waals surface area contributed by atoms with Crippen molar-refractivity contribution >= 4 is 11.0 Å². The number of fused-ring (bicyclic) bond motifs is 1. The number of benzene rings is 2. The Bertz CT molecular complexity index is 1090. The molecule has 0 saturated carbocycles. The van der Waals surface area contributed by atoms with Crippen LogP contribution < -0.4 is 0 Å². The highest BCUT2D eigenvalue weighted by atomic mass is 19.1. The van der Waals surface area contributed by atoms with Crippen LogP contribution in [0.1, 0.15) is 30.0 Å². The van der Waals surface area contributed by atoms with Crippen LogP contribution in [0, 0.1) is 5.82 Å². The molecule has 0 spiro atoms. The zero-order valence-electron chi connectivity index (χ0n) is 15.6. The Morgan fingerprint density at radius 3 is 2.86 bits per heavy atom. The van der Waals surface area contributed by atoms with Crippen molar-refractivity contribution in [2.75, 3.05) is 13.1 Å². The third kappa shape index (κ3) is 3.34. The third-order valence-electron chi connectivity index (χ3n) is 5.72. The maximum Gasteiger partial charge on any atom is 0.133 e. The Morgan fingerprint density at radius 2 is 2.00 bits per heavy atom. The molecule has 2 aromatic heterocycles. The monoisotopic (exact) mass is 375 g/mol. The largest absolute Gasteiger partial charge is 0.464 e. The minimum atomic E-state index is -0.214. The van der Waals surface area contributed by atoms with Gasteiger partial charge in [-0.1, -0.05) is 18.2 Å². The van der Waals surface area contributed by atoms with E-state index in [0.29, 0.717) is 5.92 Å². The molecule has 5 heteroatoms. The fourth-order valence-electron chi connectivity index (χ4n) is 4.25. The number of aromatic nitrogens is 2. The summed E-state index contributed by atoms with van der Waals surface area (Å²) in [6, 6.07) is 15.2. The molecule has 0 aliphatic carbocycles. The third-order valence-corrected chi connectivity index (χ3v) is 5.72. The van der Waals surface area contributed by atoms with Gasteiger partial charge in [-0.3, -0.25) is 10.00 Å². The summed E-state index contributed by atoms with van der Waals surface area (Å²) in [5.74, 6) is 0.211. The molecule has 0 bridgehead atoms. The van der Waals surface area contributed by atoms with Gasteiger partial charge in [0.25, 0.3) is 0 Å². The summed E-state index contributed by atoms with van der Waals surface area (Å²) >= 11 is 0. The number of hydrogen-bond acceptors (Lipinski definition) is 3. The summed E-state index contributed by atoms with van der Waals surface area (Å²) in [4.78, 5) is 2.50. The van der Waals surface area contributed by atoms with Crippen LogP contribution in [0.5, 0.6) is 0 Å². The van der Waals surface area contributed by atoms with E-state index in [1.807, 2.05) is 24.4 Å². The highest BCUT2D eigenvalue weighted by Gasteiger charge is 2.24. The Balaban J connectivity index is 1.27. The summed E-state index contributed by atoms with van der Waals surface area (Å²) in [5, 5.41) is 8.57. The van der Waals surface area contributed by atoms with E-state index in [9.17, 15) is 4.39 Å². The number of rotatable bonds is 4. The topological polar surface area (TPSA) is 45.1 Å². The van der Waals surface area contributed by atoms with E-state index < -0.39 is 0 Å². The zero-order chi connectivity index (χ0) is 18.9. The van der Waals surface area contributed by atoms with Gasteiger partial charge < -0.3 is 4.42 Å². The Labute approximate surface area is 163 Å². The molecule has 0 radical (unpaired) electrons. The van der Waals surface area contributed by atoms with Crippen molar-refractivity contribution in [2.45, 2.75) is 25.3 Å². The molecule has 0 unspecified atom stereocenters. The lowest BCUT2D eigenvalue weighted by atomic mass is 9.89. The van der Waals surface area contributed by atoms with Crippen molar-refractivity contribution in [1.82, 2.24) is 15.1 Å². The second-order valence-corrected chi connectivity index (χ2v) is 7.55. The van der Waals surface area contributed by atoms with Gasteiger partial charge in [0, 0.05) is 29.1 Å². The lowest BCUT2D eigenvalue weighted by molar-refractivity contribution is 0.203. The van der Waals surface area contributed by atoms with Crippen molar-refractivity contribution in [3.8, 4) is 11.1 Å². The van der Waals surface area contributed by atoms with E-state index >= 15 is 0 Å². The van der Waals surface area contributed by atoms with Gasteiger partial charge in [-0.25, -0.2) is 4.39 Å². The predicted octanol–water partition coefficient (Wildman–Crippen LogP) is 5.34. The maximum absolute atomic E-state index is 13.6. The molecule has 3 heterocycles.